The summed E-state index contributed by atoms with van der Waals surface area (Å²) in [7, 11) is 0. The largest absolute Gasteiger partial charge is 0.0654 e. The van der Waals surface area contributed by atoms with E-state index in [1.807, 2.05) is 0 Å². The molecule has 0 aromatic heterocycles. The topological polar surface area (TPSA) is 0 Å². The molecule has 1 aliphatic carbocycles. The SMILES string of the molecule is CCCCCCC(C)(C)C1(C)C(C)CC1CC. The van der Waals surface area contributed by atoms with Crippen LogP contribution in [0.3, 0.4) is 0 Å². The molecule has 0 radical (unpaired) electrons. The van der Waals surface area contributed by atoms with Crippen molar-refractivity contribution in [2.24, 2.45) is 22.7 Å². The highest BCUT2D eigenvalue weighted by molar-refractivity contribution is 5.04. The summed E-state index contributed by atoms with van der Waals surface area (Å²) < 4.78 is 0. The van der Waals surface area contributed by atoms with Gasteiger partial charge in [0.05, 0.1) is 0 Å². The molecule has 0 aliphatic heterocycles. The fourth-order valence-corrected chi connectivity index (χ4v) is 4.23. The van der Waals surface area contributed by atoms with Gasteiger partial charge in [-0.15, -0.1) is 0 Å². The molecule has 0 N–H and O–H groups in total. The summed E-state index contributed by atoms with van der Waals surface area (Å²) in [6.07, 6.45) is 9.89. The van der Waals surface area contributed by atoms with Crippen LogP contribution in [0.1, 0.15) is 86.5 Å². The van der Waals surface area contributed by atoms with Gasteiger partial charge in [0.25, 0.3) is 0 Å². The summed E-state index contributed by atoms with van der Waals surface area (Å²) >= 11 is 0. The van der Waals surface area contributed by atoms with Crippen molar-refractivity contribution in [1.29, 1.82) is 0 Å². The number of unbranched alkanes of at least 4 members (excludes halogenated alkanes) is 3. The molecule has 1 saturated carbocycles. The molecule has 0 bridgehead atoms. The van der Waals surface area contributed by atoms with Crippen LogP contribution in [0.5, 0.6) is 0 Å². The smallest absolute Gasteiger partial charge is 0.0221 e. The standard InChI is InChI=1S/C17H34/c1-7-9-10-11-12-16(4,5)17(6)14(3)13-15(17)8-2/h14-15H,7-13H2,1-6H3. The van der Waals surface area contributed by atoms with Gasteiger partial charge in [-0.3, -0.25) is 0 Å². The second kappa shape index (κ2) is 5.76. The van der Waals surface area contributed by atoms with Crippen LogP contribution >= 0.6 is 0 Å². The average Bonchev–Trinajstić information content (AvgIpc) is 2.30. The third-order valence-electron chi connectivity index (χ3n) is 6.12. The van der Waals surface area contributed by atoms with Crippen LogP contribution in [0.15, 0.2) is 0 Å². The van der Waals surface area contributed by atoms with Gasteiger partial charge < -0.3 is 0 Å². The Bertz CT molecular complexity index is 228. The maximum atomic E-state index is 2.56. The lowest BCUT2D eigenvalue weighted by atomic mass is 9.43. The Labute approximate surface area is 110 Å². The van der Waals surface area contributed by atoms with Crippen molar-refractivity contribution in [3.05, 3.63) is 0 Å². The van der Waals surface area contributed by atoms with E-state index in [2.05, 4.69) is 41.5 Å². The Morgan fingerprint density at radius 3 is 2.24 bits per heavy atom. The van der Waals surface area contributed by atoms with Crippen molar-refractivity contribution in [2.75, 3.05) is 0 Å². The highest BCUT2D eigenvalue weighted by atomic mass is 14.6. The summed E-state index contributed by atoms with van der Waals surface area (Å²) in [4.78, 5) is 0. The molecule has 0 spiro atoms. The molecule has 17 heavy (non-hydrogen) atoms. The maximum Gasteiger partial charge on any atom is -0.0221 e. The lowest BCUT2D eigenvalue weighted by molar-refractivity contribution is -0.128. The first-order chi connectivity index (χ1) is 7.90. The minimum atomic E-state index is 0.527. The van der Waals surface area contributed by atoms with Gasteiger partial charge >= 0.3 is 0 Å². The molecule has 0 heterocycles. The van der Waals surface area contributed by atoms with Gasteiger partial charge in [0.1, 0.15) is 0 Å². The van der Waals surface area contributed by atoms with Crippen LogP contribution in [0, 0.1) is 22.7 Å². The normalized spacial score (nSPS) is 33.5. The zero-order valence-corrected chi connectivity index (χ0v) is 13.1. The van der Waals surface area contributed by atoms with Crippen molar-refractivity contribution in [3.63, 3.8) is 0 Å². The van der Waals surface area contributed by atoms with Crippen molar-refractivity contribution in [1.82, 2.24) is 0 Å². The van der Waals surface area contributed by atoms with Crippen molar-refractivity contribution < 1.29 is 0 Å². The van der Waals surface area contributed by atoms with Crippen LogP contribution in [-0.2, 0) is 0 Å². The molecule has 0 saturated heterocycles. The van der Waals surface area contributed by atoms with E-state index in [0.29, 0.717) is 10.8 Å². The zero-order valence-electron chi connectivity index (χ0n) is 13.1. The predicted molar refractivity (Wildman–Crippen MR) is 78.2 cm³/mol. The molecule has 0 amide bonds. The molecule has 1 fully saturated rings. The van der Waals surface area contributed by atoms with Gasteiger partial charge in [-0.25, -0.2) is 0 Å². The molecule has 3 atom stereocenters. The van der Waals surface area contributed by atoms with Crippen LogP contribution < -0.4 is 0 Å². The van der Waals surface area contributed by atoms with Gasteiger partial charge in [0, 0.05) is 0 Å². The molecule has 0 heteroatoms. The monoisotopic (exact) mass is 238 g/mol. The Morgan fingerprint density at radius 2 is 1.76 bits per heavy atom. The molecule has 1 rings (SSSR count). The summed E-state index contributed by atoms with van der Waals surface area (Å²) in [5, 5.41) is 0. The van der Waals surface area contributed by atoms with E-state index in [1.54, 1.807) is 0 Å². The van der Waals surface area contributed by atoms with Crippen molar-refractivity contribution in [3.8, 4) is 0 Å². The second-order valence-electron chi connectivity index (χ2n) is 7.22. The Kier molecular flexibility index (Phi) is 5.10. The van der Waals surface area contributed by atoms with E-state index in [0.717, 1.165) is 11.8 Å². The quantitative estimate of drug-likeness (QED) is 0.473. The Morgan fingerprint density at radius 1 is 1.12 bits per heavy atom. The fraction of sp³-hybridized carbons (Fsp3) is 1.00. The number of hydrogen-bond acceptors (Lipinski definition) is 0. The van der Waals surface area contributed by atoms with E-state index < -0.39 is 0 Å². The van der Waals surface area contributed by atoms with Gasteiger partial charge in [0.2, 0.25) is 0 Å². The first-order valence-electron chi connectivity index (χ1n) is 7.90. The van der Waals surface area contributed by atoms with E-state index in [4.69, 9.17) is 0 Å². The summed E-state index contributed by atoms with van der Waals surface area (Å²) in [5.74, 6) is 1.90. The van der Waals surface area contributed by atoms with E-state index in [1.165, 1.54) is 44.9 Å². The van der Waals surface area contributed by atoms with Gasteiger partial charge in [-0.1, -0.05) is 73.6 Å². The van der Waals surface area contributed by atoms with Crippen molar-refractivity contribution in [2.45, 2.75) is 86.5 Å². The summed E-state index contributed by atoms with van der Waals surface area (Å²) in [5.41, 5.74) is 1.12. The maximum absolute atomic E-state index is 2.56. The molecule has 0 aromatic rings. The minimum absolute atomic E-state index is 0.527. The Balaban J connectivity index is 2.55. The molecule has 3 unspecified atom stereocenters. The first kappa shape index (κ1) is 15.1. The minimum Gasteiger partial charge on any atom is -0.0654 e. The van der Waals surface area contributed by atoms with E-state index >= 15 is 0 Å². The third kappa shape index (κ3) is 2.71. The van der Waals surface area contributed by atoms with Gasteiger partial charge in [-0.05, 0) is 35.5 Å². The molecule has 0 aromatic carbocycles. The van der Waals surface area contributed by atoms with Crippen LogP contribution in [0.25, 0.3) is 0 Å². The molecule has 0 nitrogen and oxygen atoms in total. The van der Waals surface area contributed by atoms with E-state index in [-0.39, 0.29) is 0 Å². The van der Waals surface area contributed by atoms with Crippen LogP contribution in [-0.4, -0.2) is 0 Å². The molecule has 102 valence electrons. The summed E-state index contributed by atoms with van der Waals surface area (Å²) in [6.45, 7) is 14.8. The highest BCUT2D eigenvalue weighted by Gasteiger charge is 2.55. The molecule has 1 aliphatic rings. The third-order valence-corrected chi connectivity index (χ3v) is 6.12. The molecular weight excluding hydrogens is 204 g/mol. The number of hydrogen-bond donors (Lipinski definition) is 0. The summed E-state index contributed by atoms with van der Waals surface area (Å²) in [6, 6.07) is 0. The lowest BCUT2D eigenvalue weighted by Gasteiger charge is -2.62. The first-order valence-corrected chi connectivity index (χ1v) is 7.90. The van der Waals surface area contributed by atoms with Crippen molar-refractivity contribution >= 4 is 0 Å². The second-order valence-corrected chi connectivity index (χ2v) is 7.22. The number of rotatable bonds is 7. The average molecular weight is 238 g/mol. The lowest BCUT2D eigenvalue weighted by Crippen LogP contribution is -2.54. The van der Waals surface area contributed by atoms with Crippen LogP contribution in [0.4, 0.5) is 0 Å². The predicted octanol–water partition coefficient (Wildman–Crippen LogP) is 6.06. The van der Waals surface area contributed by atoms with E-state index in [9.17, 15) is 0 Å². The van der Waals surface area contributed by atoms with Crippen LogP contribution in [0.2, 0.25) is 0 Å². The van der Waals surface area contributed by atoms with Gasteiger partial charge in [0.15, 0.2) is 0 Å². The molecular formula is C17H34. The highest BCUT2D eigenvalue weighted by Crippen LogP contribution is 2.63. The zero-order chi connectivity index (χ0) is 13.1. The fourth-order valence-electron chi connectivity index (χ4n) is 4.23. The van der Waals surface area contributed by atoms with Gasteiger partial charge in [-0.2, -0.15) is 0 Å². The Hall–Kier alpha value is 0.